The van der Waals surface area contributed by atoms with Crippen LogP contribution >= 0.6 is 0 Å². The number of H-pyrrole nitrogens is 2. The number of carbonyl (C=O) groups is 4. The first-order chi connectivity index (χ1) is 37.5. The second kappa shape index (κ2) is 21.5. The Bertz CT molecular complexity index is 3610. The van der Waals surface area contributed by atoms with E-state index in [1.807, 2.05) is 85.1 Å². The molecule has 0 radical (unpaired) electrons. The van der Waals surface area contributed by atoms with E-state index in [2.05, 4.69) is 15.0 Å². The van der Waals surface area contributed by atoms with Gasteiger partial charge >= 0.3 is 5.97 Å². The van der Waals surface area contributed by atoms with Crippen molar-refractivity contribution in [1.29, 1.82) is 0 Å². The lowest BCUT2D eigenvalue weighted by Crippen LogP contribution is -2.50. The van der Waals surface area contributed by atoms with Gasteiger partial charge in [-0.1, -0.05) is 45.0 Å². The molecule has 1 fully saturated rings. The number of halogens is 3. The summed E-state index contributed by atoms with van der Waals surface area (Å²) in [6.45, 7) is 7.29. The molecule has 18 heteroatoms. The summed E-state index contributed by atoms with van der Waals surface area (Å²) in [6, 6.07) is 16.9. The Labute approximate surface area is 449 Å². The van der Waals surface area contributed by atoms with E-state index in [9.17, 15) is 28.7 Å². The van der Waals surface area contributed by atoms with Crippen LogP contribution < -0.4 is 18.9 Å². The number of carbonyl (C=O) groups excluding carboxylic acids is 3. The number of carboxylic acids is 1. The van der Waals surface area contributed by atoms with Crippen LogP contribution in [0.25, 0.3) is 55.2 Å². The van der Waals surface area contributed by atoms with Crippen LogP contribution in [-0.2, 0) is 16.0 Å². The van der Waals surface area contributed by atoms with Crippen LogP contribution in [-0.4, -0.2) is 126 Å². The summed E-state index contributed by atoms with van der Waals surface area (Å²) in [5, 5.41) is 11.0. The Balaban J connectivity index is 1.10. The molecule has 0 spiro atoms. The van der Waals surface area contributed by atoms with Gasteiger partial charge in [0, 0.05) is 97.9 Å². The zero-order chi connectivity index (χ0) is 55.3. The van der Waals surface area contributed by atoms with E-state index in [4.69, 9.17) is 9.47 Å². The molecule has 10 rings (SSSR count). The number of pyridine rings is 2. The number of rotatable bonds is 13. The van der Waals surface area contributed by atoms with Crippen molar-refractivity contribution in [1.82, 2.24) is 29.7 Å². The first-order valence-corrected chi connectivity index (χ1v) is 26.2. The van der Waals surface area contributed by atoms with Gasteiger partial charge < -0.3 is 44.1 Å². The number of hydrogen-bond donors (Lipinski definition) is 3. The van der Waals surface area contributed by atoms with Crippen molar-refractivity contribution in [2.45, 2.75) is 52.5 Å². The Hall–Kier alpha value is -8.41. The number of fused-ring (bicyclic) bond motifs is 2. The number of carboxylic acid groups (broad SMARTS) is 1. The van der Waals surface area contributed by atoms with Gasteiger partial charge in [-0.2, -0.15) is 4.57 Å². The maximum absolute atomic E-state index is 17.5. The monoisotopic (exact) mass is 1060 g/mol. The lowest BCUT2D eigenvalue weighted by Gasteiger charge is -2.35. The van der Waals surface area contributed by atoms with Gasteiger partial charge in [0.2, 0.25) is 5.91 Å². The zero-order valence-corrected chi connectivity index (χ0v) is 44.7. The molecule has 1 aliphatic carbocycles. The van der Waals surface area contributed by atoms with E-state index in [1.54, 1.807) is 55.3 Å². The van der Waals surface area contributed by atoms with E-state index in [-0.39, 0.29) is 89.6 Å². The molecule has 3 amide bonds. The number of nitrogens with one attached hydrogen (secondary N) is 2. The molecule has 3 N–H and O–H groups in total. The first kappa shape index (κ1) is 53.0. The number of nitrogens with zero attached hydrogens (tertiary/aromatic N) is 6. The standard InChI is InChI=1S/C60H61F3N8O7/c1-8-34-16-17-70(39-23-37(30-71(31-39)57(72)33(2)3)42-26-43(40-14-9-10-15-50(40)77-6)45-27-48(58(73)67(4)5)65-54(45)53(42)63)32-47(34)44-25-41(35-12-11-13-36(22-35)60(75)76)52(62)55-46(44)28-49(66-55)59(74)69-20-18-68(19-21-69)56-51(78-7)24-38(61)29-64-56/h9-10,12,14-17,23-29,32-33,36,39H,8,11,13,18-22,30-31H2,1-7H3,(H2-,65,66,73,74,75,76)/p+1/t36-,39?/m1/s1. The quantitative estimate of drug-likeness (QED) is 0.0953. The lowest BCUT2D eigenvalue weighted by atomic mass is 9.84. The van der Waals surface area contributed by atoms with Gasteiger partial charge in [0.05, 0.1) is 43.9 Å². The molecule has 0 saturated carbocycles. The molecule has 3 aromatic carbocycles. The second-order valence-corrected chi connectivity index (χ2v) is 20.7. The van der Waals surface area contributed by atoms with Gasteiger partial charge in [-0.15, -0.1) is 0 Å². The summed E-state index contributed by atoms with van der Waals surface area (Å²) in [5.74, 6) is -3.34. The number of hydrogen-bond acceptors (Lipinski definition) is 8. The molecule has 404 valence electrons. The molecule has 1 saturated heterocycles. The van der Waals surface area contributed by atoms with E-state index in [0.717, 1.165) is 11.8 Å². The summed E-state index contributed by atoms with van der Waals surface area (Å²) in [6.07, 6.45) is 10.4. The molecule has 7 aromatic rings. The summed E-state index contributed by atoms with van der Waals surface area (Å²) >= 11 is 0. The summed E-state index contributed by atoms with van der Waals surface area (Å²) in [5.41, 5.74) is 5.61. The van der Waals surface area contributed by atoms with Gasteiger partial charge in [-0.25, -0.2) is 18.2 Å². The van der Waals surface area contributed by atoms with Crippen molar-refractivity contribution in [2.75, 3.05) is 72.5 Å². The third-order valence-electron chi connectivity index (χ3n) is 15.4. The molecule has 0 bridgehead atoms. The van der Waals surface area contributed by atoms with Crippen LogP contribution in [0.5, 0.6) is 11.5 Å². The molecular weight excluding hydrogens is 1000 g/mol. The van der Waals surface area contributed by atoms with Crippen LogP contribution in [0, 0.1) is 29.3 Å². The molecule has 6 heterocycles. The number of aromatic amines is 2. The molecule has 78 heavy (non-hydrogen) atoms. The highest BCUT2D eigenvalue weighted by atomic mass is 19.1. The number of piperazine rings is 1. The highest BCUT2D eigenvalue weighted by Gasteiger charge is 2.35. The predicted molar refractivity (Wildman–Crippen MR) is 292 cm³/mol. The van der Waals surface area contributed by atoms with Crippen LogP contribution in [0.3, 0.4) is 0 Å². The molecule has 2 atom stereocenters. The molecule has 4 aromatic heterocycles. The zero-order valence-electron chi connectivity index (χ0n) is 44.7. The van der Waals surface area contributed by atoms with E-state index in [0.29, 0.717) is 88.1 Å². The fourth-order valence-corrected chi connectivity index (χ4v) is 11.2. The largest absolute Gasteiger partial charge is 0.496 e. The van der Waals surface area contributed by atoms with Crippen molar-refractivity contribution >= 4 is 62.5 Å². The number of aryl methyl sites for hydroxylation is 1. The van der Waals surface area contributed by atoms with Crippen molar-refractivity contribution in [2.24, 2.45) is 11.8 Å². The second-order valence-electron chi connectivity index (χ2n) is 20.7. The fourth-order valence-electron chi connectivity index (χ4n) is 11.2. The van der Waals surface area contributed by atoms with Gasteiger partial charge in [0.25, 0.3) is 11.8 Å². The highest BCUT2D eigenvalue weighted by Crippen LogP contribution is 2.43. The molecule has 15 nitrogen and oxygen atoms in total. The van der Waals surface area contributed by atoms with Crippen molar-refractivity contribution in [3.63, 3.8) is 0 Å². The Morgan fingerprint density at radius 3 is 2.12 bits per heavy atom. The Morgan fingerprint density at radius 2 is 1.46 bits per heavy atom. The molecular formula is C60H62F3N8O7+. The maximum Gasteiger partial charge on any atom is 0.306 e. The minimum Gasteiger partial charge on any atom is -0.496 e. The topological polar surface area (TPSA) is 168 Å². The molecule has 3 aliphatic rings. The average Bonchev–Trinajstić information content (AvgIpc) is 4.32. The number of aromatic nitrogens is 4. The Kier molecular flexibility index (Phi) is 14.6. The van der Waals surface area contributed by atoms with Crippen molar-refractivity contribution < 1.29 is 51.5 Å². The van der Waals surface area contributed by atoms with Crippen molar-refractivity contribution in [3.8, 4) is 33.8 Å². The number of ether oxygens (including phenoxy) is 2. The van der Waals surface area contributed by atoms with Gasteiger partial charge in [-0.3, -0.25) is 19.2 Å². The average molecular weight is 1060 g/mol. The summed E-state index contributed by atoms with van der Waals surface area (Å²) < 4.78 is 62.0. The van der Waals surface area contributed by atoms with Crippen LogP contribution in [0.15, 0.2) is 91.4 Å². The van der Waals surface area contributed by atoms with Crippen LogP contribution in [0.1, 0.15) is 83.7 Å². The summed E-state index contributed by atoms with van der Waals surface area (Å²) in [7, 11) is 6.25. The SMILES string of the molecule is CCc1cc[n+](C2C=C(c3cc(-c4ccccc4OC)c4cc(C(=O)N(C)C)[nH]c4c3F)CN(C(=O)C(C)C)C2)cc1-c1cc(C2=CCC[C@@H](C(=O)O)C2)c(F)c2[nH]c(C(=O)N3CCN(c4ncc(F)cc4OC)CC3)cc12. The lowest BCUT2D eigenvalue weighted by molar-refractivity contribution is -0.711. The van der Waals surface area contributed by atoms with Gasteiger partial charge in [0.1, 0.15) is 23.0 Å². The number of benzene rings is 3. The van der Waals surface area contributed by atoms with Gasteiger partial charge in [-0.05, 0) is 89.9 Å². The van der Waals surface area contributed by atoms with Crippen LogP contribution in [0.2, 0.25) is 0 Å². The maximum atomic E-state index is 17.5. The number of amides is 3. The number of aliphatic carboxylic acids is 1. The number of para-hydroxylation sites is 1. The molecule has 2 aliphatic heterocycles. The normalized spacial score (nSPS) is 16.9. The minimum absolute atomic E-state index is 0.0885. The third kappa shape index (κ3) is 9.83. The number of allylic oxidation sites excluding steroid dienone is 2. The minimum atomic E-state index is -0.959. The van der Waals surface area contributed by atoms with E-state index < -0.39 is 41.3 Å². The van der Waals surface area contributed by atoms with Crippen molar-refractivity contribution in [3.05, 3.63) is 137 Å². The molecule has 1 unspecified atom stereocenters. The van der Waals surface area contributed by atoms with Gasteiger partial charge in [0.15, 0.2) is 41.6 Å². The Morgan fingerprint density at radius 1 is 0.808 bits per heavy atom. The highest BCUT2D eigenvalue weighted by molar-refractivity contribution is 6.06. The predicted octanol–water partition coefficient (Wildman–Crippen LogP) is 9.72. The van der Waals surface area contributed by atoms with E-state index in [1.165, 1.54) is 18.1 Å². The summed E-state index contributed by atoms with van der Waals surface area (Å²) in [4.78, 5) is 71.6. The smallest absolute Gasteiger partial charge is 0.306 e. The third-order valence-corrected chi connectivity index (χ3v) is 15.4. The fraction of sp³-hybridized carbons (Fsp3) is 0.333. The van der Waals surface area contributed by atoms with E-state index >= 15 is 8.78 Å². The number of methoxy groups -OCH3 is 2. The first-order valence-electron chi connectivity index (χ1n) is 26.2. The van der Waals surface area contributed by atoms with Crippen LogP contribution in [0.4, 0.5) is 19.0 Å². The number of anilines is 1.